The molecule has 0 aliphatic rings. The second-order valence-corrected chi connectivity index (χ2v) is 8.13. The van der Waals surface area contributed by atoms with Crippen LogP contribution in [0, 0.1) is 12.3 Å². The van der Waals surface area contributed by atoms with Crippen LogP contribution in [0.2, 0.25) is 10.0 Å². The van der Waals surface area contributed by atoms with Gasteiger partial charge in [0.25, 0.3) is 5.56 Å². The molecule has 34 heavy (non-hydrogen) atoms. The van der Waals surface area contributed by atoms with Crippen LogP contribution in [0.25, 0.3) is 33.5 Å². The number of hydrogen-bond donors (Lipinski definition) is 0. The summed E-state index contributed by atoms with van der Waals surface area (Å²) in [5.74, 6) is 3.49. The number of furan rings is 1. The maximum absolute atomic E-state index is 13.3. The van der Waals surface area contributed by atoms with Gasteiger partial charge in [0.05, 0.1) is 22.1 Å². The van der Waals surface area contributed by atoms with Crippen molar-refractivity contribution in [3.05, 3.63) is 92.7 Å². The zero-order valence-electron chi connectivity index (χ0n) is 17.5. The maximum atomic E-state index is 13.3. The molecule has 0 unspecified atom stereocenters. The van der Waals surface area contributed by atoms with Crippen molar-refractivity contribution in [2.24, 2.45) is 5.10 Å². The Morgan fingerprint density at radius 1 is 1.12 bits per heavy atom. The van der Waals surface area contributed by atoms with E-state index in [1.165, 1.54) is 10.9 Å². The summed E-state index contributed by atoms with van der Waals surface area (Å²) < 4.78 is 12.6. The van der Waals surface area contributed by atoms with E-state index < -0.39 is 0 Å². The number of rotatable bonds is 5. The normalized spacial score (nSPS) is 11.3. The van der Waals surface area contributed by atoms with Crippen molar-refractivity contribution in [3.63, 3.8) is 0 Å². The molecule has 0 saturated carbocycles. The fourth-order valence-electron chi connectivity index (χ4n) is 3.47. The number of fused-ring (bicyclic) bond motifs is 2. The van der Waals surface area contributed by atoms with Gasteiger partial charge in [0.1, 0.15) is 17.9 Å². The first kappa shape index (κ1) is 21.8. The minimum Gasteiger partial charge on any atom is -0.479 e. The Morgan fingerprint density at radius 2 is 1.97 bits per heavy atom. The SMILES string of the molecule is C#CCOc1ccc(C=Nn2c(-c3cc4cc(Cl)ccc4o3)nc3ccccc3c2=O)cc1Cl. The molecule has 3 aromatic carbocycles. The Morgan fingerprint density at radius 3 is 2.79 bits per heavy atom. The summed E-state index contributed by atoms with van der Waals surface area (Å²) in [5.41, 5.74) is 1.47. The number of hydrogen-bond acceptors (Lipinski definition) is 5. The molecule has 166 valence electrons. The highest BCUT2D eigenvalue weighted by Gasteiger charge is 2.16. The molecule has 0 aliphatic carbocycles. The Bertz CT molecular complexity index is 1680. The smallest absolute Gasteiger partial charge is 0.282 e. The summed E-state index contributed by atoms with van der Waals surface area (Å²) in [4.78, 5) is 18.0. The average Bonchev–Trinajstić information content (AvgIpc) is 3.26. The molecule has 2 aromatic heterocycles. The lowest BCUT2D eigenvalue weighted by Crippen LogP contribution is -2.20. The van der Waals surface area contributed by atoms with Crippen LogP contribution in [0.3, 0.4) is 0 Å². The van der Waals surface area contributed by atoms with Crippen LogP contribution >= 0.6 is 23.2 Å². The lowest BCUT2D eigenvalue weighted by atomic mass is 10.2. The number of aromatic nitrogens is 2. The zero-order chi connectivity index (χ0) is 23.7. The third-order valence-corrected chi connectivity index (χ3v) is 5.57. The number of terminal acetylenes is 1. The van der Waals surface area contributed by atoms with E-state index in [9.17, 15) is 4.79 Å². The lowest BCUT2D eigenvalue weighted by Gasteiger charge is -2.08. The minimum atomic E-state index is -0.338. The van der Waals surface area contributed by atoms with E-state index in [1.807, 2.05) is 6.07 Å². The molecule has 5 aromatic rings. The maximum Gasteiger partial charge on any atom is 0.282 e. The van der Waals surface area contributed by atoms with E-state index in [0.717, 1.165) is 5.39 Å². The summed E-state index contributed by atoms with van der Waals surface area (Å²) in [6, 6.07) is 19.2. The van der Waals surface area contributed by atoms with Gasteiger partial charge in [0.2, 0.25) is 5.82 Å². The fourth-order valence-corrected chi connectivity index (χ4v) is 3.90. The van der Waals surface area contributed by atoms with E-state index in [-0.39, 0.29) is 18.0 Å². The molecule has 0 bridgehead atoms. The summed E-state index contributed by atoms with van der Waals surface area (Å²) >= 11 is 12.4. The van der Waals surface area contributed by atoms with Crippen LogP contribution in [-0.4, -0.2) is 22.5 Å². The van der Waals surface area contributed by atoms with Gasteiger partial charge in [-0.25, -0.2) is 4.98 Å². The van der Waals surface area contributed by atoms with Gasteiger partial charge < -0.3 is 9.15 Å². The number of ether oxygens (including phenoxy) is 1. The van der Waals surface area contributed by atoms with E-state index in [0.29, 0.717) is 43.6 Å². The standard InChI is InChI=1S/C26H15Cl2N3O3/c1-2-11-33-23-9-7-16(12-20(23)28)15-29-31-25(30-21-6-4-3-5-19(21)26(31)32)24-14-17-13-18(27)8-10-22(17)34-24/h1,3-10,12-15H,11H2. The Labute approximate surface area is 204 Å². The molecule has 0 fully saturated rings. The zero-order valence-corrected chi connectivity index (χ0v) is 19.0. The van der Waals surface area contributed by atoms with Gasteiger partial charge in [0, 0.05) is 10.4 Å². The quantitative estimate of drug-likeness (QED) is 0.225. The Balaban J connectivity index is 1.64. The molecule has 6 nitrogen and oxygen atoms in total. The first-order chi connectivity index (χ1) is 16.5. The number of benzene rings is 3. The van der Waals surface area contributed by atoms with Crippen molar-refractivity contribution in [1.29, 1.82) is 0 Å². The van der Waals surface area contributed by atoms with Crippen LogP contribution in [0.15, 0.2) is 81.0 Å². The molecule has 0 radical (unpaired) electrons. The lowest BCUT2D eigenvalue weighted by molar-refractivity contribution is 0.370. The van der Waals surface area contributed by atoms with Crippen molar-refractivity contribution < 1.29 is 9.15 Å². The van der Waals surface area contributed by atoms with Gasteiger partial charge in [-0.2, -0.15) is 9.78 Å². The largest absolute Gasteiger partial charge is 0.479 e. The molecule has 0 atom stereocenters. The van der Waals surface area contributed by atoms with Crippen LogP contribution in [0.4, 0.5) is 0 Å². The number of nitrogens with zero attached hydrogens (tertiary/aromatic N) is 3. The van der Waals surface area contributed by atoms with E-state index >= 15 is 0 Å². The fraction of sp³-hybridized carbons (Fsp3) is 0.0385. The van der Waals surface area contributed by atoms with E-state index in [2.05, 4.69) is 16.0 Å². The molecule has 2 heterocycles. The highest BCUT2D eigenvalue weighted by atomic mass is 35.5. The predicted molar refractivity (Wildman–Crippen MR) is 135 cm³/mol. The van der Waals surface area contributed by atoms with Crippen molar-refractivity contribution in [2.75, 3.05) is 6.61 Å². The Hall–Kier alpha value is -4.05. The summed E-state index contributed by atoms with van der Waals surface area (Å²) in [5, 5.41) is 6.59. The second kappa shape index (κ2) is 9.06. The number of halogens is 2. The molecule has 5 rings (SSSR count). The first-order valence-electron chi connectivity index (χ1n) is 10.1. The summed E-state index contributed by atoms with van der Waals surface area (Å²) in [7, 11) is 0. The van der Waals surface area contributed by atoms with Crippen molar-refractivity contribution in [2.45, 2.75) is 0 Å². The molecular formula is C26H15Cl2N3O3. The molecule has 0 spiro atoms. The van der Waals surface area contributed by atoms with Gasteiger partial charge >= 0.3 is 0 Å². The van der Waals surface area contributed by atoms with Crippen LogP contribution in [0.1, 0.15) is 5.56 Å². The Kier molecular flexibility index (Phi) is 5.81. The summed E-state index contributed by atoms with van der Waals surface area (Å²) in [6.07, 6.45) is 6.74. The average molecular weight is 488 g/mol. The third kappa shape index (κ3) is 4.15. The molecule has 0 saturated heterocycles. The molecule has 0 amide bonds. The molecular weight excluding hydrogens is 473 g/mol. The van der Waals surface area contributed by atoms with Gasteiger partial charge in [-0.15, -0.1) is 6.42 Å². The third-order valence-electron chi connectivity index (χ3n) is 5.04. The van der Waals surface area contributed by atoms with Crippen molar-refractivity contribution in [1.82, 2.24) is 9.66 Å². The van der Waals surface area contributed by atoms with E-state index in [1.54, 1.807) is 60.7 Å². The van der Waals surface area contributed by atoms with Gasteiger partial charge in [0.15, 0.2) is 5.76 Å². The van der Waals surface area contributed by atoms with Crippen LogP contribution < -0.4 is 10.3 Å². The van der Waals surface area contributed by atoms with Crippen molar-refractivity contribution >= 4 is 51.3 Å². The second-order valence-electron chi connectivity index (χ2n) is 7.29. The molecule has 0 N–H and O–H groups in total. The van der Waals surface area contributed by atoms with Crippen LogP contribution in [-0.2, 0) is 0 Å². The highest BCUT2D eigenvalue weighted by Crippen LogP contribution is 2.29. The molecule has 8 heteroatoms. The molecule has 0 aliphatic heterocycles. The summed E-state index contributed by atoms with van der Waals surface area (Å²) in [6.45, 7) is 0.109. The van der Waals surface area contributed by atoms with Crippen molar-refractivity contribution in [3.8, 4) is 29.7 Å². The number of para-hydroxylation sites is 1. The topological polar surface area (TPSA) is 69.6 Å². The van der Waals surface area contributed by atoms with Gasteiger partial charge in [-0.1, -0.05) is 41.3 Å². The van der Waals surface area contributed by atoms with Crippen LogP contribution in [0.5, 0.6) is 5.75 Å². The predicted octanol–water partition coefficient (Wildman–Crippen LogP) is 6.01. The van der Waals surface area contributed by atoms with Gasteiger partial charge in [-0.3, -0.25) is 4.79 Å². The highest BCUT2D eigenvalue weighted by molar-refractivity contribution is 6.32. The monoisotopic (exact) mass is 487 g/mol. The first-order valence-corrected chi connectivity index (χ1v) is 10.9. The minimum absolute atomic E-state index is 0.109. The van der Waals surface area contributed by atoms with E-state index in [4.69, 9.17) is 38.8 Å². The van der Waals surface area contributed by atoms with Gasteiger partial charge in [-0.05, 0) is 60.2 Å².